The van der Waals surface area contributed by atoms with E-state index in [0.29, 0.717) is 11.3 Å². The Morgan fingerprint density at radius 2 is 1.74 bits per heavy atom. The lowest BCUT2D eigenvalue weighted by atomic mass is 10.0. The maximum Gasteiger partial charge on any atom is 0.335 e. The smallest absolute Gasteiger partial charge is 0.303 e. The number of hydrogen-bond acceptors (Lipinski definition) is 4. The highest BCUT2D eigenvalue weighted by molar-refractivity contribution is 6.39. The van der Waals surface area contributed by atoms with Crippen LogP contribution in [-0.2, 0) is 9.59 Å². The monoisotopic (exact) mass is 414 g/mol. The molecule has 3 aromatic rings. The number of urea groups is 1. The molecule has 1 aromatic carbocycles. The first-order chi connectivity index (χ1) is 14.8. The van der Waals surface area contributed by atoms with Crippen molar-refractivity contribution < 1.29 is 14.4 Å². The highest BCUT2D eigenvalue weighted by atomic mass is 16.2. The number of aryl methyl sites for hydroxylation is 2. The van der Waals surface area contributed by atoms with Crippen LogP contribution in [0.5, 0.6) is 0 Å². The minimum absolute atomic E-state index is 0.0956. The van der Waals surface area contributed by atoms with Crippen LogP contribution in [-0.4, -0.2) is 27.4 Å². The Morgan fingerprint density at radius 1 is 0.968 bits per heavy atom. The predicted molar refractivity (Wildman–Crippen MR) is 118 cm³/mol. The van der Waals surface area contributed by atoms with Gasteiger partial charge in [-0.05, 0) is 74.7 Å². The average Bonchev–Trinajstić information content (AvgIpc) is 3.02. The first-order valence-corrected chi connectivity index (χ1v) is 9.87. The van der Waals surface area contributed by atoms with Gasteiger partial charge < -0.3 is 4.57 Å². The normalized spacial score (nSPS) is 15.5. The molecule has 4 amide bonds. The van der Waals surface area contributed by atoms with Crippen LogP contribution < -0.4 is 10.2 Å². The van der Waals surface area contributed by atoms with E-state index >= 15 is 0 Å². The van der Waals surface area contributed by atoms with Gasteiger partial charge in [0.25, 0.3) is 11.8 Å². The molecule has 3 heterocycles. The summed E-state index contributed by atoms with van der Waals surface area (Å²) in [5.74, 6) is -0.613. The maximum absolute atomic E-state index is 13.2. The van der Waals surface area contributed by atoms with Crippen molar-refractivity contribution in [3.8, 4) is 5.82 Å². The van der Waals surface area contributed by atoms with Crippen molar-refractivity contribution in [2.45, 2.75) is 27.7 Å². The molecule has 1 N–H and O–H groups in total. The number of amides is 4. The second kappa shape index (κ2) is 7.68. The van der Waals surface area contributed by atoms with Gasteiger partial charge in [0.1, 0.15) is 11.4 Å². The topological polar surface area (TPSA) is 84.3 Å². The van der Waals surface area contributed by atoms with Crippen molar-refractivity contribution in [1.29, 1.82) is 0 Å². The standard InChI is InChI=1S/C24H22N4O3/c1-14-8-7-9-20(16(14)3)28-23(30)19(22(29)26-24(28)31)13-18-12-15(2)27(17(18)4)21-10-5-6-11-25-21/h5-13H,1-4H3,(H,26,29,31)/b19-13+. The number of pyridine rings is 1. The van der Waals surface area contributed by atoms with E-state index in [1.54, 1.807) is 18.3 Å². The van der Waals surface area contributed by atoms with Gasteiger partial charge in [-0.1, -0.05) is 18.2 Å². The lowest BCUT2D eigenvalue weighted by molar-refractivity contribution is -0.122. The second-order valence-electron chi connectivity index (χ2n) is 7.53. The van der Waals surface area contributed by atoms with Gasteiger partial charge in [-0.15, -0.1) is 0 Å². The van der Waals surface area contributed by atoms with E-state index in [0.717, 1.165) is 33.2 Å². The maximum atomic E-state index is 13.2. The summed E-state index contributed by atoms with van der Waals surface area (Å²) in [6.07, 6.45) is 3.24. The molecule has 0 bridgehead atoms. The van der Waals surface area contributed by atoms with E-state index in [4.69, 9.17) is 0 Å². The Bertz CT molecular complexity index is 1260. The Hall–Kier alpha value is -4.00. The SMILES string of the molecule is Cc1cccc(N2C(=O)NC(=O)/C(=C\c3cc(C)n(-c4ccccn4)c3C)C2=O)c1C. The minimum atomic E-state index is -0.750. The second-order valence-corrected chi connectivity index (χ2v) is 7.53. The van der Waals surface area contributed by atoms with Crippen molar-refractivity contribution in [3.05, 3.63) is 82.3 Å². The van der Waals surface area contributed by atoms with Gasteiger partial charge in [-0.25, -0.2) is 14.7 Å². The van der Waals surface area contributed by atoms with E-state index in [2.05, 4.69) is 10.3 Å². The molecule has 0 atom stereocenters. The summed E-state index contributed by atoms with van der Waals surface area (Å²) in [5, 5.41) is 2.29. The number of carbonyl (C=O) groups is 3. The van der Waals surface area contributed by atoms with Crippen LogP contribution in [0.3, 0.4) is 0 Å². The van der Waals surface area contributed by atoms with Crippen LogP contribution in [0.1, 0.15) is 28.1 Å². The molecule has 4 rings (SSSR count). The molecule has 1 aliphatic heterocycles. The molecule has 7 nitrogen and oxygen atoms in total. The quantitative estimate of drug-likeness (QED) is 0.522. The molecule has 156 valence electrons. The minimum Gasteiger partial charge on any atom is -0.303 e. The first kappa shape index (κ1) is 20.3. The molecule has 0 aliphatic carbocycles. The molecule has 1 fully saturated rings. The summed E-state index contributed by atoms with van der Waals surface area (Å²) in [6.45, 7) is 7.57. The van der Waals surface area contributed by atoms with Crippen LogP contribution in [0.15, 0.2) is 54.2 Å². The van der Waals surface area contributed by atoms with E-state index in [-0.39, 0.29) is 5.57 Å². The van der Waals surface area contributed by atoms with Gasteiger partial charge in [0.05, 0.1) is 5.69 Å². The lowest BCUT2D eigenvalue weighted by Crippen LogP contribution is -2.54. The fourth-order valence-electron chi connectivity index (χ4n) is 3.78. The summed E-state index contributed by atoms with van der Waals surface area (Å²) in [7, 11) is 0. The van der Waals surface area contributed by atoms with Gasteiger partial charge in [-0.3, -0.25) is 14.9 Å². The molecular formula is C24H22N4O3. The third-order valence-corrected chi connectivity index (χ3v) is 5.57. The molecule has 7 heteroatoms. The number of benzene rings is 1. The van der Waals surface area contributed by atoms with Crippen molar-refractivity contribution in [1.82, 2.24) is 14.9 Å². The summed E-state index contributed by atoms with van der Waals surface area (Å²) < 4.78 is 1.95. The van der Waals surface area contributed by atoms with E-state index in [1.165, 1.54) is 6.08 Å². The number of carbonyl (C=O) groups excluding carboxylic acids is 3. The van der Waals surface area contributed by atoms with Gasteiger partial charge in [0.15, 0.2) is 0 Å². The number of anilines is 1. The Morgan fingerprint density at radius 3 is 2.45 bits per heavy atom. The average molecular weight is 414 g/mol. The number of aromatic nitrogens is 2. The summed E-state index contributed by atoms with van der Waals surface area (Å²) in [6, 6.07) is 12.1. The summed E-state index contributed by atoms with van der Waals surface area (Å²) >= 11 is 0. The largest absolute Gasteiger partial charge is 0.335 e. The fourth-order valence-corrected chi connectivity index (χ4v) is 3.78. The zero-order valence-electron chi connectivity index (χ0n) is 17.8. The third-order valence-electron chi connectivity index (χ3n) is 5.57. The fraction of sp³-hybridized carbons (Fsp3) is 0.167. The van der Waals surface area contributed by atoms with Crippen molar-refractivity contribution in [2.24, 2.45) is 0 Å². The molecule has 0 radical (unpaired) electrons. The number of nitrogens with zero attached hydrogens (tertiary/aromatic N) is 3. The predicted octanol–water partition coefficient (Wildman–Crippen LogP) is 3.77. The molecule has 0 spiro atoms. The van der Waals surface area contributed by atoms with Crippen LogP contribution >= 0.6 is 0 Å². The molecule has 31 heavy (non-hydrogen) atoms. The van der Waals surface area contributed by atoms with E-state index in [1.807, 2.05) is 62.6 Å². The molecule has 1 saturated heterocycles. The van der Waals surface area contributed by atoms with Crippen molar-refractivity contribution in [2.75, 3.05) is 4.90 Å². The highest BCUT2D eigenvalue weighted by Crippen LogP contribution is 2.28. The Labute approximate surface area is 180 Å². The highest BCUT2D eigenvalue weighted by Gasteiger charge is 2.37. The number of barbiturate groups is 1. The van der Waals surface area contributed by atoms with Crippen LogP contribution in [0, 0.1) is 27.7 Å². The van der Waals surface area contributed by atoms with E-state index < -0.39 is 17.8 Å². The summed E-state index contributed by atoms with van der Waals surface area (Å²) in [4.78, 5) is 43.7. The van der Waals surface area contributed by atoms with Gasteiger partial charge >= 0.3 is 6.03 Å². The summed E-state index contributed by atoms with van der Waals surface area (Å²) in [5.41, 5.74) is 4.56. The van der Waals surface area contributed by atoms with Crippen molar-refractivity contribution in [3.63, 3.8) is 0 Å². The molecular weight excluding hydrogens is 392 g/mol. The number of rotatable bonds is 3. The third kappa shape index (κ3) is 3.44. The Balaban J connectivity index is 1.79. The zero-order chi connectivity index (χ0) is 22.3. The van der Waals surface area contributed by atoms with Gasteiger partial charge in [0.2, 0.25) is 0 Å². The number of nitrogens with one attached hydrogen (secondary N) is 1. The zero-order valence-corrected chi connectivity index (χ0v) is 17.8. The molecule has 0 unspecified atom stereocenters. The van der Waals surface area contributed by atoms with Crippen LogP contribution in [0.4, 0.5) is 10.5 Å². The van der Waals surface area contributed by atoms with Crippen LogP contribution in [0.2, 0.25) is 0 Å². The first-order valence-electron chi connectivity index (χ1n) is 9.87. The van der Waals surface area contributed by atoms with Gasteiger partial charge in [0, 0.05) is 17.6 Å². The number of hydrogen-bond donors (Lipinski definition) is 1. The van der Waals surface area contributed by atoms with Gasteiger partial charge in [-0.2, -0.15) is 0 Å². The Kier molecular flexibility index (Phi) is 5.02. The van der Waals surface area contributed by atoms with Crippen molar-refractivity contribution >= 4 is 29.6 Å². The van der Waals surface area contributed by atoms with Crippen LogP contribution in [0.25, 0.3) is 11.9 Å². The molecule has 1 aliphatic rings. The lowest BCUT2D eigenvalue weighted by Gasteiger charge is -2.28. The molecule has 2 aromatic heterocycles. The number of imide groups is 2. The van der Waals surface area contributed by atoms with E-state index in [9.17, 15) is 14.4 Å². The molecule has 0 saturated carbocycles.